The smallest absolute Gasteiger partial charge is 0.224 e. The van der Waals surface area contributed by atoms with E-state index < -0.39 is 0 Å². The monoisotopic (exact) mass is 297 g/mol. The lowest BCUT2D eigenvalue weighted by Crippen LogP contribution is -2.37. The molecule has 4 nitrogen and oxygen atoms in total. The number of carbonyl (C=O) groups is 1. The number of carbonyl (C=O) groups excluding carboxylic acids is 1. The molecule has 2 aromatic rings. The Hall–Kier alpha value is -2.10. The summed E-state index contributed by atoms with van der Waals surface area (Å²) < 4.78 is 0. The van der Waals surface area contributed by atoms with Crippen molar-refractivity contribution in [2.24, 2.45) is 11.8 Å². The van der Waals surface area contributed by atoms with Crippen LogP contribution in [0.2, 0.25) is 0 Å². The van der Waals surface area contributed by atoms with Crippen LogP contribution >= 0.6 is 0 Å². The zero-order valence-corrected chi connectivity index (χ0v) is 13.2. The number of aromatic amines is 1. The number of benzene rings is 1. The van der Waals surface area contributed by atoms with Crippen molar-refractivity contribution in [3.63, 3.8) is 0 Å². The molecule has 0 saturated heterocycles. The standard InChI is InChI=1S/C18H23N3O/c1-12(2)16(21-18(22)13-8-4-3-5-9-13)17-19-14-10-6-7-11-15(14)20-17/h3-4,6-7,10-13,16H,5,8-9H2,1-2H3,(H,19,20)(H,21,22). The third-order valence-electron chi connectivity index (χ3n) is 4.31. The quantitative estimate of drug-likeness (QED) is 0.845. The van der Waals surface area contributed by atoms with Crippen LogP contribution in [-0.4, -0.2) is 15.9 Å². The zero-order valence-electron chi connectivity index (χ0n) is 13.2. The summed E-state index contributed by atoms with van der Waals surface area (Å²) in [6.07, 6.45) is 7.04. The first kappa shape index (κ1) is 14.8. The fraction of sp³-hybridized carbons (Fsp3) is 0.444. The highest BCUT2D eigenvalue weighted by molar-refractivity contribution is 5.80. The number of amides is 1. The maximum atomic E-state index is 12.5. The van der Waals surface area contributed by atoms with Crippen LogP contribution in [0.3, 0.4) is 0 Å². The molecule has 0 fully saturated rings. The van der Waals surface area contributed by atoms with E-state index >= 15 is 0 Å². The SMILES string of the molecule is CC(C)C(NC(=O)C1CC=CCC1)c1nc2ccccc2[nH]1. The van der Waals surface area contributed by atoms with Crippen molar-refractivity contribution in [2.45, 2.75) is 39.2 Å². The molecule has 116 valence electrons. The first-order chi connectivity index (χ1) is 10.6. The Morgan fingerprint density at radius 2 is 2.14 bits per heavy atom. The van der Waals surface area contributed by atoms with Gasteiger partial charge in [-0.2, -0.15) is 0 Å². The van der Waals surface area contributed by atoms with E-state index in [-0.39, 0.29) is 23.8 Å². The molecule has 0 radical (unpaired) electrons. The van der Waals surface area contributed by atoms with Crippen molar-refractivity contribution in [3.05, 3.63) is 42.2 Å². The summed E-state index contributed by atoms with van der Waals surface area (Å²) in [6, 6.07) is 7.88. The van der Waals surface area contributed by atoms with Crippen molar-refractivity contribution < 1.29 is 4.79 Å². The number of fused-ring (bicyclic) bond motifs is 1. The van der Waals surface area contributed by atoms with Gasteiger partial charge in [0.2, 0.25) is 5.91 Å². The summed E-state index contributed by atoms with van der Waals surface area (Å²) in [5.74, 6) is 1.36. The third-order valence-corrected chi connectivity index (χ3v) is 4.31. The molecule has 0 spiro atoms. The van der Waals surface area contributed by atoms with Crippen LogP contribution in [0.4, 0.5) is 0 Å². The second-order valence-electron chi connectivity index (χ2n) is 6.35. The van der Waals surface area contributed by atoms with Crippen LogP contribution in [0.15, 0.2) is 36.4 Å². The molecule has 1 aliphatic rings. The molecule has 1 aromatic carbocycles. The fourth-order valence-electron chi connectivity index (χ4n) is 2.97. The van der Waals surface area contributed by atoms with E-state index in [9.17, 15) is 4.79 Å². The van der Waals surface area contributed by atoms with Gasteiger partial charge in [-0.3, -0.25) is 4.79 Å². The van der Waals surface area contributed by atoms with E-state index in [2.05, 4.69) is 41.3 Å². The molecule has 3 rings (SSSR count). The lowest BCUT2D eigenvalue weighted by molar-refractivity contribution is -0.126. The summed E-state index contributed by atoms with van der Waals surface area (Å²) in [6.45, 7) is 4.22. The molecule has 0 aliphatic heterocycles. The number of H-pyrrole nitrogens is 1. The summed E-state index contributed by atoms with van der Waals surface area (Å²) >= 11 is 0. The van der Waals surface area contributed by atoms with Crippen molar-refractivity contribution >= 4 is 16.9 Å². The van der Waals surface area contributed by atoms with Gasteiger partial charge in [0.1, 0.15) is 5.82 Å². The largest absolute Gasteiger partial charge is 0.346 e. The number of rotatable bonds is 4. The van der Waals surface area contributed by atoms with Crippen LogP contribution in [0.25, 0.3) is 11.0 Å². The first-order valence-corrected chi connectivity index (χ1v) is 8.05. The van der Waals surface area contributed by atoms with Gasteiger partial charge in [0.05, 0.1) is 17.1 Å². The first-order valence-electron chi connectivity index (χ1n) is 8.05. The Kier molecular flexibility index (Phi) is 4.27. The van der Waals surface area contributed by atoms with Gasteiger partial charge in [-0.15, -0.1) is 0 Å². The summed E-state index contributed by atoms with van der Waals surface area (Å²) in [4.78, 5) is 20.5. The zero-order chi connectivity index (χ0) is 15.5. The minimum atomic E-state index is -0.0780. The molecule has 1 aromatic heterocycles. The maximum Gasteiger partial charge on any atom is 0.224 e. The molecular formula is C18H23N3O. The highest BCUT2D eigenvalue weighted by atomic mass is 16.1. The van der Waals surface area contributed by atoms with Crippen LogP contribution in [0.1, 0.15) is 45.0 Å². The molecule has 1 amide bonds. The molecule has 0 saturated carbocycles. The highest BCUT2D eigenvalue weighted by Crippen LogP contribution is 2.24. The predicted octanol–water partition coefficient (Wildman–Crippen LogP) is 3.73. The van der Waals surface area contributed by atoms with Crippen LogP contribution in [-0.2, 0) is 4.79 Å². The Balaban J connectivity index is 1.80. The lowest BCUT2D eigenvalue weighted by Gasteiger charge is -2.24. The third kappa shape index (κ3) is 3.06. The second kappa shape index (κ2) is 6.34. The van der Waals surface area contributed by atoms with E-state index in [4.69, 9.17) is 0 Å². The number of hydrogen-bond acceptors (Lipinski definition) is 2. The van der Waals surface area contributed by atoms with Gasteiger partial charge < -0.3 is 10.3 Å². The average molecular weight is 297 g/mol. The van der Waals surface area contributed by atoms with E-state index in [1.807, 2.05) is 24.3 Å². The minimum absolute atomic E-state index is 0.0780. The molecule has 1 heterocycles. The van der Waals surface area contributed by atoms with Gasteiger partial charge in [0.25, 0.3) is 0 Å². The van der Waals surface area contributed by atoms with E-state index in [0.29, 0.717) is 0 Å². The Morgan fingerprint density at radius 3 is 2.82 bits per heavy atom. The Morgan fingerprint density at radius 1 is 1.32 bits per heavy atom. The summed E-state index contributed by atoms with van der Waals surface area (Å²) in [5.41, 5.74) is 1.95. The molecule has 2 N–H and O–H groups in total. The van der Waals surface area contributed by atoms with Crippen molar-refractivity contribution in [3.8, 4) is 0 Å². The molecule has 1 aliphatic carbocycles. The highest BCUT2D eigenvalue weighted by Gasteiger charge is 2.26. The Bertz CT molecular complexity index is 653. The minimum Gasteiger partial charge on any atom is -0.346 e. The van der Waals surface area contributed by atoms with Gasteiger partial charge in [0.15, 0.2) is 0 Å². The number of imidazole rings is 1. The number of hydrogen-bond donors (Lipinski definition) is 2. The van der Waals surface area contributed by atoms with Gasteiger partial charge in [-0.25, -0.2) is 4.98 Å². The van der Waals surface area contributed by atoms with E-state index in [1.54, 1.807) is 0 Å². The van der Waals surface area contributed by atoms with Crippen molar-refractivity contribution in [1.82, 2.24) is 15.3 Å². The average Bonchev–Trinajstić information content (AvgIpc) is 2.96. The van der Waals surface area contributed by atoms with Gasteiger partial charge >= 0.3 is 0 Å². The van der Waals surface area contributed by atoms with Crippen LogP contribution in [0, 0.1) is 11.8 Å². The molecule has 2 unspecified atom stereocenters. The number of allylic oxidation sites excluding steroid dienone is 2. The van der Waals surface area contributed by atoms with Gasteiger partial charge in [0, 0.05) is 5.92 Å². The maximum absolute atomic E-state index is 12.5. The number of aromatic nitrogens is 2. The Labute approximate surface area is 131 Å². The number of nitrogens with one attached hydrogen (secondary N) is 2. The molecule has 22 heavy (non-hydrogen) atoms. The van der Waals surface area contributed by atoms with Gasteiger partial charge in [-0.1, -0.05) is 38.1 Å². The van der Waals surface area contributed by atoms with Crippen molar-refractivity contribution in [1.29, 1.82) is 0 Å². The van der Waals surface area contributed by atoms with E-state index in [0.717, 1.165) is 36.1 Å². The summed E-state index contributed by atoms with van der Waals surface area (Å²) in [7, 11) is 0. The molecule has 2 atom stereocenters. The lowest BCUT2D eigenvalue weighted by atomic mass is 9.92. The number of nitrogens with zero attached hydrogens (tertiary/aromatic N) is 1. The second-order valence-corrected chi connectivity index (χ2v) is 6.35. The van der Waals surface area contributed by atoms with Crippen LogP contribution in [0.5, 0.6) is 0 Å². The van der Waals surface area contributed by atoms with Crippen molar-refractivity contribution in [2.75, 3.05) is 0 Å². The molecule has 4 heteroatoms. The number of para-hydroxylation sites is 2. The predicted molar refractivity (Wildman–Crippen MR) is 88.3 cm³/mol. The topological polar surface area (TPSA) is 57.8 Å². The fourth-order valence-corrected chi connectivity index (χ4v) is 2.97. The summed E-state index contributed by atoms with van der Waals surface area (Å²) in [5, 5.41) is 3.20. The van der Waals surface area contributed by atoms with E-state index in [1.165, 1.54) is 0 Å². The molecule has 0 bridgehead atoms. The normalized spacial score (nSPS) is 19.5. The molecular weight excluding hydrogens is 274 g/mol. The van der Waals surface area contributed by atoms with Crippen LogP contribution < -0.4 is 5.32 Å². The van der Waals surface area contributed by atoms with Gasteiger partial charge in [-0.05, 0) is 37.3 Å².